The van der Waals surface area contributed by atoms with Crippen LogP contribution >= 0.6 is 0 Å². The molecule has 1 unspecified atom stereocenters. The van der Waals surface area contributed by atoms with E-state index >= 15 is 0 Å². The van der Waals surface area contributed by atoms with E-state index in [1.807, 2.05) is 26.0 Å². The monoisotopic (exact) mass is 308 g/mol. The van der Waals surface area contributed by atoms with Crippen LogP contribution in [0.25, 0.3) is 0 Å². The van der Waals surface area contributed by atoms with Gasteiger partial charge in [0.25, 0.3) is 0 Å². The van der Waals surface area contributed by atoms with Crippen molar-refractivity contribution in [3.8, 4) is 11.5 Å². The van der Waals surface area contributed by atoms with Crippen molar-refractivity contribution in [1.29, 1.82) is 0 Å². The van der Waals surface area contributed by atoms with E-state index in [0.717, 1.165) is 5.56 Å². The predicted molar refractivity (Wildman–Crippen MR) is 78.6 cm³/mol. The standard InChI is InChI=1S/C15H20N2O5/c1-9(2)13(14(18)20-3)17-15(19)16-7-10-4-5-11-12(6-10)22-8-21-11/h4-6,9,13H,7-8H2,1-3H3,(H2,16,17,19). The van der Waals surface area contributed by atoms with Crippen LogP contribution in [0.15, 0.2) is 18.2 Å². The molecule has 22 heavy (non-hydrogen) atoms. The topological polar surface area (TPSA) is 85.9 Å². The maximum Gasteiger partial charge on any atom is 0.328 e. The third-order valence-corrected chi connectivity index (χ3v) is 3.30. The second-order valence-corrected chi connectivity index (χ2v) is 5.26. The minimum absolute atomic E-state index is 0.0660. The average Bonchev–Trinajstić information content (AvgIpc) is 2.97. The van der Waals surface area contributed by atoms with E-state index in [1.54, 1.807) is 6.07 Å². The van der Waals surface area contributed by atoms with Crippen molar-refractivity contribution in [2.45, 2.75) is 26.4 Å². The Bertz CT molecular complexity index is 559. The van der Waals surface area contributed by atoms with Gasteiger partial charge in [-0.3, -0.25) is 0 Å². The van der Waals surface area contributed by atoms with Crippen molar-refractivity contribution in [2.24, 2.45) is 5.92 Å². The molecule has 7 nitrogen and oxygen atoms in total. The number of ether oxygens (including phenoxy) is 3. The fraction of sp³-hybridized carbons (Fsp3) is 0.467. The molecular formula is C15H20N2O5. The summed E-state index contributed by atoms with van der Waals surface area (Å²) in [6.07, 6.45) is 0. The van der Waals surface area contributed by atoms with Gasteiger partial charge in [0, 0.05) is 6.54 Å². The number of urea groups is 1. The Kier molecular flexibility index (Phi) is 5.08. The molecule has 1 heterocycles. The van der Waals surface area contributed by atoms with Crippen LogP contribution in [0.1, 0.15) is 19.4 Å². The number of esters is 1. The molecule has 1 aliphatic heterocycles. The summed E-state index contributed by atoms with van der Waals surface area (Å²) in [5, 5.41) is 5.31. The molecule has 0 bridgehead atoms. The molecule has 2 rings (SSSR count). The summed E-state index contributed by atoms with van der Waals surface area (Å²) < 4.78 is 15.2. The van der Waals surface area contributed by atoms with Gasteiger partial charge >= 0.3 is 12.0 Å². The van der Waals surface area contributed by atoms with Crippen molar-refractivity contribution in [1.82, 2.24) is 10.6 Å². The van der Waals surface area contributed by atoms with Gasteiger partial charge in [0.2, 0.25) is 6.79 Å². The largest absolute Gasteiger partial charge is 0.467 e. The second-order valence-electron chi connectivity index (χ2n) is 5.26. The van der Waals surface area contributed by atoms with Crippen LogP contribution in [0.3, 0.4) is 0 Å². The van der Waals surface area contributed by atoms with Gasteiger partial charge in [0.15, 0.2) is 11.5 Å². The zero-order chi connectivity index (χ0) is 16.1. The van der Waals surface area contributed by atoms with E-state index in [2.05, 4.69) is 15.4 Å². The highest BCUT2D eigenvalue weighted by Crippen LogP contribution is 2.32. The molecule has 0 aromatic heterocycles. The minimum Gasteiger partial charge on any atom is -0.467 e. The first-order chi connectivity index (χ1) is 10.5. The number of carbonyl (C=O) groups excluding carboxylic acids is 2. The van der Waals surface area contributed by atoms with Gasteiger partial charge in [-0.1, -0.05) is 19.9 Å². The summed E-state index contributed by atoms with van der Waals surface area (Å²) in [7, 11) is 1.30. The van der Waals surface area contributed by atoms with Crippen molar-refractivity contribution in [2.75, 3.05) is 13.9 Å². The maximum atomic E-state index is 11.9. The second kappa shape index (κ2) is 7.02. The van der Waals surface area contributed by atoms with Crippen LogP contribution in [0.4, 0.5) is 4.79 Å². The van der Waals surface area contributed by atoms with Crippen LogP contribution < -0.4 is 20.1 Å². The molecule has 1 atom stereocenters. The van der Waals surface area contributed by atoms with Crippen molar-refractivity contribution in [3.63, 3.8) is 0 Å². The first-order valence-corrected chi connectivity index (χ1v) is 7.02. The Labute approximate surface area is 128 Å². The number of methoxy groups -OCH3 is 1. The highest BCUT2D eigenvalue weighted by molar-refractivity contribution is 5.83. The quantitative estimate of drug-likeness (QED) is 0.803. The molecule has 0 saturated heterocycles. The van der Waals surface area contributed by atoms with Gasteiger partial charge in [0.05, 0.1) is 7.11 Å². The molecule has 0 aliphatic carbocycles. The SMILES string of the molecule is COC(=O)C(NC(=O)NCc1ccc2c(c1)OCO2)C(C)C. The predicted octanol–water partition coefficient (Wildman–Crippen LogP) is 1.41. The first kappa shape index (κ1) is 15.9. The molecule has 0 fully saturated rings. The van der Waals surface area contributed by atoms with E-state index in [-0.39, 0.29) is 12.7 Å². The zero-order valence-electron chi connectivity index (χ0n) is 12.8. The van der Waals surface area contributed by atoms with Crippen LogP contribution in [-0.2, 0) is 16.1 Å². The minimum atomic E-state index is -0.679. The first-order valence-electron chi connectivity index (χ1n) is 7.02. The molecule has 1 aliphatic rings. The van der Waals surface area contributed by atoms with Crippen molar-refractivity contribution in [3.05, 3.63) is 23.8 Å². The Morgan fingerprint density at radius 1 is 1.27 bits per heavy atom. The average molecular weight is 308 g/mol. The third kappa shape index (κ3) is 3.81. The summed E-state index contributed by atoms with van der Waals surface area (Å²) in [6, 6.07) is 4.34. The lowest BCUT2D eigenvalue weighted by molar-refractivity contribution is -0.143. The third-order valence-electron chi connectivity index (χ3n) is 3.30. The molecular weight excluding hydrogens is 288 g/mol. The summed E-state index contributed by atoms with van der Waals surface area (Å²) >= 11 is 0. The Morgan fingerprint density at radius 2 is 2.00 bits per heavy atom. The van der Waals surface area contributed by atoms with E-state index in [4.69, 9.17) is 9.47 Å². The fourth-order valence-corrected chi connectivity index (χ4v) is 2.05. The van der Waals surface area contributed by atoms with E-state index in [0.29, 0.717) is 18.0 Å². The maximum absolute atomic E-state index is 11.9. The molecule has 1 aromatic rings. The number of benzene rings is 1. The Morgan fingerprint density at radius 3 is 2.68 bits per heavy atom. The number of amides is 2. The number of fused-ring (bicyclic) bond motifs is 1. The smallest absolute Gasteiger partial charge is 0.328 e. The molecule has 120 valence electrons. The van der Waals surface area contributed by atoms with E-state index in [9.17, 15) is 9.59 Å². The van der Waals surface area contributed by atoms with Gasteiger partial charge in [-0.05, 0) is 23.6 Å². The van der Waals surface area contributed by atoms with Gasteiger partial charge in [-0.25, -0.2) is 9.59 Å². The lowest BCUT2D eigenvalue weighted by Crippen LogP contribution is -2.48. The number of hydrogen-bond acceptors (Lipinski definition) is 5. The summed E-state index contributed by atoms with van der Waals surface area (Å²) in [5.41, 5.74) is 0.874. The lowest BCUT2D eigenvalue weighted by atomic mass is 10.1. The highest BCUT2D eigenvalue weighted by atomic mass is 16.7. The van der Waals surface area contributed by atoms with Crippen LogP contribution in [0, 0.1) is 5.92 Å². The zero-order valence-corrected chi connectivity index (χ0v) is 12.8. The van der Waals surface area contributed by atoms with Crippen molar-refractivity contribution >= 4 is 12.0 Å². The molecule has 1 aromatic carbocycles. The molecule has 0 spiro atoms. The fourth-order valence-electron chi connectivity index (χ4n) is 2.05. The van der Waals surface area contributed by atoms with Gasteiger partial charge in [-0.15, -0.1) is 0 Å². The summed E-state index contributed by atoms with van der Waals surface area (Å²) in [4.78, 5) is 23.5. The van der Waals surface area contributed by atoms with Gasteiger partial charge in [-0.2, -0.15) is 0 Å². The molecule has 2 N–H and O–H groups in total. The number of carbonyl (C=O) groups is 2. The molecule has 7 heteroatoms. The van der Waals surface area contributed by atoms with Gasteiger partial charge in [0.1, 0.15) is 6.04 Å². The summed E-state index contributed by atoms with van der Waals surface area (Å²) in [6.45, 7) is 4.19. The number of nitrogens with one attached hydrogen (secondary N) is 2. The molecule has 0 saturated carbocycles. The lowest BCUT2D eigenvalue weighted by Gasteiger charge is -2.20. The normalized spacial score (nSPS) is 13.6. The Balaban J connectivity index is 1.88. The molecule has 0 radical (unpaired) electrons. The van der Waals surface area contributed by atoms with Crippen LogP contribution in [0.5, 0.6) is 11.5 Å². The van der Waals surface area contributed by atoms with Gasteiger partial charge < -0.3 is 24.8 Å². The Hall–Kier alpha value is -2.44. The van der Waals surface area contributed by atoms with Crippen LogP contribution in [0.2, 0.25) is 0 Å². The van der Waals surface area contributed by atoms with E-state index in [1.165, 1.54) is 7.11 Å². The highest BCUT2D eigenvalue weighted by Gasteiger charge is 2.24. The number of hydrogen-bond donors (Lipinski definition) is 2. The molecule has 2 amide bonds. The van der Waals surface area contributed by atoms with E-state index < -0.39 is 18.0 Å². The van der Waals surface area contributed by atoms with Crippen LogP contribution in [-0.4, -0.2) is 31.9 Å². The number of rotatable bonds is 5. The van der Waals surface area contributed by atoms with Crippen molar-refractivity contribution < 1.29 is 23.8 Å². The summed E-state index contributed by atoms with van der Waals surface area (Å²) in [5.74, 6) is 0.824.